The van der Waals surface area contributed by atoms with E-state index in [-0.39, 0.29) is 40.8 Å². The molecule has 1 saturated carbocycles. The molecule has 0 saturated heterocycles. The fourth-order valence-electron chi connectivity index (χ4n) is 5.16. The quantitative estimate of drug-likeness (QED) is 0.244. The van der Waals surface area contributed by atoms with Crippen LogP contribution in [-0.2, 0) is 15.8 Å². The van der Waals surface area contributed by atoms with Gasteiger partial charge in [-0.2, -0.15) is 13.2 Å². The van der Waals surface area contributed by atoms with Crippen molar-refractivity contribution < 1.29 is 41.7 Å². The summed E-state index contributed by atoms with van der Waals surface area (Å²) in [4.78, 5) is 34.3. The largest absolute Gasteiger partial charge is 0.489 e. The van der Waals surface area contributed by atoms with Gasteiger partial charge in [-0.05, 0) is 80.8 Å². The summed E-state index contributed by atoms with van der Waals surface area (Å²) in [5.41, 5.74) is 0.681. The van der Waals surface area contributed by atoms with Gasteiger partial charge in [0.05, 0.1) is 18.3 Å². The highest BCUT2D eigenvalue weighted by Gasteiger charge is 2.57. The van der Waals surface area contributed by atoms with E-state index in [1.54, 1.807) is 12.3 Å². The topological polar surface area (TPSA) is 137 Å². The predicted molar refractivity (Wildman–Crippen MR) is 154 cm³/mol. The van der Waals surface area contributed by atoms with Gasteiger partial charge >= 0.3 is 6.18 Å². The van der Waals surface area contributed by atoms with E-state index in [1.807, 2.05) is 6.92 Å². The van der Waals surface area contributed by atoms with Crippen LogP contribution in [0, 0.1) is 12.7 Å². The molecule has 2 aromatic heterocycles. The SMILES string of the molecule is Cc1cnc2c(OC3CC3)cc(C(=O)NC[C@](O)(c3cc4c(c(-c5ccc(F)cc5)n3)OC[C@]4(C)C(N)=O)C(F)(F)F)cc2c1. The van der Waals surface area contributed by atoms with Crippen LogP contribution >= 0.6 is 0 Å². The van der Waals surface area contributed by atoms with Crippen LogP contribution in [0.15, 0.2) is 54.7 Å². The molecular weight excluding hydrogens is 596 g/mol. The molecule has 4 N–H and O–H groups in total. The van der Waals surface area contributed by atoms with Crippen molar-refractivity contribution in [3.8, 4) is 22.8 Å². The molecule has 4 aromatic rings. The maximum atomic E-state index is 14.8. The molecule has 2 atom stereocenters. The van der Waals surface area contributed by atoms with Crippen LogP contribution in [-0.4, -0.2) is 52.3 Å². The Labute approximate surface area is 254 Å². The van der Waals surface area contributed by atoms with Crippen molar-refractivity contribution in [1.82, 2.24) is 15.3 Å². The molecule has 0 radical (unpaired) electrons. The first kappa shape index (κ1) is 30.3. The summed E-state index contributed by atoms with van der Waals surface area (Å²) in [6, 6.07) is 10.3. The second-order valence-corrected chi connectivity index (χ2v) is 11.6. The van der Waals surface area contributed by atoms with Gasteiger partial charge in [-0.25, -0.2) is 9.37 Å². The predicted octanol–water partition coefficient (Wildman–Crippen LogP) is 4.60. The maximum absolute atomic E-state index is 14.8. The molecule has 0 bridgehead atoms. The summed E-state index contributed by atoms with van der Waals surface area (Å²) < 4.78 is 69.6. The molecule has 234 valence electrons. The van der Waals surface area contributed by atoms with Gasteiger partial charge in [-0.15, -0.1) is 0 Å². The highest BCUT2D eigenvalue weighted by atomic mass is 19.4. The number of rotatable bonds is 8. The number of nitrogens with two attached hydrogens (primary N) is 1. The summed E-state index contributed by atoms with van der Waals surface area (Å²) in [7, 11) is 0. The Morgan fingerprint density at radius 1 is 1.16 bits per heavy atom. The third-order valence-corrected chi connectivity index (χ3v) is 8.10. The minimum atomic E-state index is -5.35. The zero-order chi connectivity index (χ0) is 32.3. The van der Waals surface area contributed by atoms with Gasteiger partial charge in [-0.1, -0.05) is 0 Å². The first-order valence-corrected chi connectivity index (χ1v) is 14.1. The zero-order valence-electron chi connectivity index (χ0n) is 24.2. The van der Waals surface area contributed by atoms with E-state index in [2.05, 4.69) is 15.3 Å². The van der Waals surface area contributed by atoms with E-state index in [4.69, 9.17) is 15.2 Å². The van der Waals surface area contributed by atoms with Crippen LogP contribution in [0.1, 0.15) is 46.9 Å². The average Bonchev–Trinajstić information content (AvgIpc) is 3.74. The highest BCUT2D eigenvalue weighted by Crippen LogP contribution is 2.47. The van der Waals surface area contributed by atoms with Crippen molar-refractivity contribution in [3.05, 3.63) is 82.9 Å². The first-order valence-electron chi connectivity index (χ1n) is 14.1. The Kier molecular flexibility index (Phi) is 7.18. The van der Waals surface area contributed by atoms with E-state index in [9.17, 15) is 32.3 Å². The number of carbonyl (C=O) groups is 2. The number of nitrogens with one attached hydrogen (secondary N) is 1. The monoisotopic (exact) mass is 624 g/mol. The summed E-state index contributed by atoms with van der Waals surface area (Å²) in [5, 5.41) is 14.1. The molecule has 0 unspecified atom stereocenters. The number of aromatic nitrogens is 2. The third-order valence-electron chi connectivity index (χ3n) is 8.10. The number of pyridine rings is 2. The number of aliphatic hydroxyl groups is 1. The molecule has 1 fully saturated rings. The number of alkyl halides is 3. The molecule has 2 aliphatic rings. The van der Waals surface area contributed by atoms with Gasteiger partial charge in [-0.3, -0.25) is 14.6 Å². The van der Waals surface area contributed by atoms with Gasteiger partial charge < -0.3 is 25.6 Å². The zero-order valence-corrected chi connectivity index (χ0v) is 24.2. The summed E-state index contributed by atoms with van der Waals surface area (Å²) in [6.07, 6.45) is -2.09. The van der Waals surface area contributed by atoms with E-state index in [1.165, 1.54) is 31.2 Å². The Balaban J connectivity index is 1.40. The smallest absolute Gasteiger partial charge is 0.424 e. The fraction of sp³-hybridized carbons (Fsp3) is 0.312. The van der Waals surface area contributed by atoms with Crippen LogP contribution < -0.4 is 20.5 Å². The standard InChI is InChI=1S/C32H28F4N4O5/c1-16-9-18-10-19(11-23(25(18)38-13-16)45-21-7-8-21)28(41)39-14-31(43,32(34,35)36)24-12-22-27(44-15-30(22,2)29(37)42)26(40-24)17-3-5-20(33)6-4-17/h3-6,9-13,21,43H,7-8,14-15H2,1-2H3,(H2,37,42)(H,39,41)/t30-,31-/m0/s1. The van der Waals surface area contributed by atoms with Gasteiger partial charge in [0.1, 0.15) is 40.5 Å². The van der Waals surface area contributed by atoms with Crippen molar-refractivity contribution in [2.45, 2.75) is 50.0 Å². The van der Waals surface area contributed by atoms with Crippen LogP contribution in [0.3, 0.4) is 0 Å². The van der Waals surface area contributed by atoms with Gasteiger partial charge in [0.25, 0.3) is 5.91 Å². The number of hydrogen-bond donors (Lipinski definition) is 3. The highest BCUT2D eigenvalue weighted by molar-refractivity contribution is 6.00. The minimum Gasteiger partial charge on any atom is -0.489 e. The molecule has 9 nitrogen and oxygen atoms in total. The van der Waals surface area contributed by atoms with Crippen LogP contribution in [0.25, 0.3) is 22.2 Å². The van der Waals surface area contributed by atoms with Crippen molar-refractivity contribution in [1.29, 1.82) is 0 Å². The Morgan fingerprint density at radius 3 is 2.51 bits per heavy atom. The van der Waals surface area contributed by atoms with E-state index in [0.29, 0.717) is 16.7 Å². The molecule has 13 heteroatoms. The van der Waals surface area contributed by atoms with E-state index < -0.39 is 47.1 Å². The lowest BCUT2D eigenvalue weighted by atomic mass is 9.81. The molecule has 0 spiro atoms. The number of hydrogen-bond acceptors (Lipinski definition) is 7. The van der Waals surface area contributed by atoms with Gasteiger partial charge in [0.15, 0.2) is 0 Å². The summed E-state index contributed by atoms with van der Waals surface area (Å²) in [5.74, 6) is -2.09. The number of amides is 2. The Hall–Kier alpha value is -4.78. The molecule has 1 aliphatic carbocycles. The lowest BCUT2D eigenvalue weighted by molar-refractivity contribution is -0.265. The fourth-order valence-corrected chi connectivity index (χ4v) is 5.16. The third kappa shape index (κ3) is 5.41. The Bertz CT molecular complexity index is 1840. The number of carbonyl (C=O) groups excluding carboxylic acids is 2. The van der Waals surface area contributed by atoms with E-state index >= 15 is 0 Å². The number of primary amides is 1. The van der Waals surface area contributed by atoms with Crippen LogP contribution in [0.4, 0.5) is 17.6 Å². The van der Waals surface area contributed by atoms with Gasteiger partial charge in [0, 0.05) is 28.3 Å². The molecule has 1 aliphatic heterocycles. The minimum absolute atomic E-state index is 0.00121. The average molecular weight is 625 g/mol. The molecule has 6 rings (SSSR count). The number of ether oxygens (including phenoxy) is 2. The molecule has 2 amide bonds. The lowest BCUT2D eigenvalue weighted by Crippen LogP contribution is -2.51. The van der Waals surface area contributed by atoms with Crippen molar-refractivity contribution >= 4 is 22.7 Å². The van der Waals surface area contributed by atoms with Crippen LogP contribution in [0.2, 0.25) is 0 Å². The van der Waals surface area contributed by atoms with E-state index in [0.717, 1.165) is 36.6 Å². The molecular formula is C32H28F4N4O5. The molecule has 3 heterocycles. The second kappa shape index (κ2) is 10.7. The normalized spacial score (nSPS) is 19.0. The maximum Gasteiger partial charge on any atom is 0.424 e. The summed E-state index contributed by atoms with van der Waals surface area (Å²) in [6.45, 7) is 1.58. The number of fused-ring (bicyclic) bond motifs is 2. The second-order valence-electron chi connectivity index (χ2n) is 11.6. The van der Waals surface area contributed by atoms with Crippen LogP contribution in [0.5, 0.6) is 11.5 Å². The van der Waals surface area contributed by atoms with Crippen molar-refractivity contribution in [2.24, 2.45) is 5.73 Å². The summed E-state index contributed by atoms with van der Waals surface area (Å²) >= 11 is 0. The number of aryl methyl sites for hydroxylation is 1. The Morgan fingerprint density at radius 2 is 1.87 bits per heavy atom. The number of nitrogens with zero attached hydrogens (tertiary/aromatic N) is 2. The number of halogens is 4. The first-order chi connectivity index (χ1) is 21.2. The molecule has 45 heavy (non-hydrogen) atoms. The lowest BCUT2D eigenvalue weighted by Gasteiger charge is -2.31. The van der Waals surface area contributed by atoms with Crippen molar-refractivity contribution in [3.63, 3.8) is 0 Å². The van der Waals surface area contributed by atoms with Crippen molar-refractivity contribution in [2.75, 3.05) is 13.2 Å². The van der Waals surface area contributed by atoms with Gasteiger partial charge in [0.2, 0.25) is 11.5 Å². The molecule has 2 aromatic carbocycles. The number of benzene rings is 2.